The minimum atomic E-state index is -4.54. The third-order valence-corrected chi connectivity index (χ3v) is 3.99. The Balaban J connectivity index is 1.90. The predicted octanol–water partition coefficient (Wildman–Crippen LogP) is 3.89. The van der Waals surface area contributed by atoms with Crippen LogP contribution in [0.5, 0.6) is 0 Å². The van der Waals surface area contributed by atoms with Crippen LogP contribution in [0.1, 0.15) is 21.5 Å². The highest BCUT2D eigenvalue weighted by molar-refractivity contribution is 6.42. The molecule has 2 aromatic carbocycles. The number of hydrogen-bond acceptors (Lipinski definition) is 3. The van der Waals surface area contributed by atoms with Crippen LogP contribution >= 0.6 is 23.2 Å². The van der Waals surface area contributed by atoms with Crippen molar-refractivity contribution < 1.29 is 22.8 Å². The normalized spacial score (nSPS) is 11.4. The highest BCUT2D eigenvalue weighted by Crippen LogP contribution is 2.31. The average molecular weight is 418 g/mol. The Hall–Kier alpha value is -2.58. The van der Waals surface area contributed by atoms with Gasteiger partial charge < -0.3 is 5.32 Å². The second-order valence-electron chi connectivity index (χ2n) is 5.19. The maximum Gasteiger partial charge on any atom is 0.417 e. The van der Waals surface area contributed by atoms with Crippen molar-refractivity contribution >= 4 is 41.2 Å². The fourth-order valence-electron chi connectivity index (χ4n) is 1.98. The molecule has 142 valence electrons. The van der Waals surface area contributed by atoms with Crippen molar-refractivity contribution in [3.63, 3.8) is 0 Å². The van der Waals surface area contributed by atoms with E-state index in [4.69, 9.17) is 23.2 Å². The molecule has 0 fully saturated rings. The van der Waals surface area contributed by atoms with Gasteiger partial charge in [0.05, 0.1) is 28.4 Å². The van der Waals surface area contributed by atoms with Crippen molar-refractivity contribution in [3.8, 4) is 0 Å². The molecular formula is C17H12Cl2F3N3O2. The lowest BCUT2D eigenvalue weighted by Gasteiger charge is -2.09. The number of nitrogens with zero attached hydrogens (tertiary/aromatic N) is 1. The van der Waals surface area contributed by atoms with Crippen LogP contribution in [-0.2, 0) is 11.0 Å². The van der Waals surface area contributed by atoms with Crippen molar-refractivity contribution in [1.29, 1.82) is 0 Å². The quantitative estimate of drug-likeness (QED) is 0.572. The lowest BCUT2D eigenvalue weighted by Crippen LogP contribution is -2.34. The molecule has 0 spiro atoms. The summed E-state index contributed by atoms with van der Waals surface area (Å²) in [5, 5.41) is 6.26. The summed E-state index contributed by atoms with van der Waals surface area (Å²) in [5.41, 5.74) is 1.15. The topological polar surface area (TPSA) is 70.6 Å². The van der Waals surface area contributed by atoms with E-state index in [2.05, 4.69) is 10.4 Å². The molecule has 2 aromatic rings. The van der Waals surface area contributed by atoms with Crippen LogP contribution in [0.2, 0.25) is 10.0 Å². The van der Waals surface area contributed by atoms with Crippen molar-refractivity contribution in [2.45, 2.75) is 6.18 Å². The first-order valence-electron chi connectivity index (χ1n) is 7.40. The molecule has 0 atom stereocenters. The molecule has 27 heavy (non-hydrogen) atoms. The molecule has 0 saturated heterocycles. The van der Waals surface area contributed by atoms with Crippen molar-refractivity contribution in [2.24, 2.45) is 5.10 Å². The number of halogens is 5. The largest absolute Gasteiger partial charge is 0.417 e. The molecule has 0 heterocycles. The zero-order valence-corrected chi connectivity index (χ0v) is 15.0. The fourth-order valence-corrected chi connectivity index (χ4v) is 2.28. The number of carbonyl (C=O) groups excluding carboxylic acids is 2. The van der Waals surface area contributed by atoms with Gasteiger partial charge in [0.1, 0.15) is 0 Å². The Labute approximate surface area is 162 Å². The number of amides is 2. The monoisotopic (exact) mass is 417 g/mol. The Morgan fingerprint density at radius 2 is 1.78 bits per heavy atom. The summed E-state index contributed by atoms with van der Waals surface area (Å²) in [7, 11) is 0. The smallest absolute Gasteiger partial charge is 0.343 e. The first-order chi connectivity index (χ1) is 12.7. The van der Waals surface area contributed by atoms with Crippen LogP contribution in [0.25, 0.3) is 0 Å². The van der Waals surface area contributed by atoms with E-state index in [-0.39, 0.29) is 21.2 Å². The van der Waals surface area contributed by atoms with Crippen molar-refractivity contribution in [1.82, 2.24) is 10.7 Å². The van der Waals surface area contributed by atoms with Gasteiger partial charge in [-0.3, -0.25) is 9.59 Å². The van der Waals surface area contributed by atoms with Gasteiger partial charge in [-0.05, 0) is 24.3 Å². The minimum Gasteiger partial charge on any atom is -0.343 e. The number of carbonyl (C=O) groups is 2. The fraction of sp³-hybridized carbons (Fsp3) is 0.118. The molecule has 0 bridgehead atoms. The van der Waals surface area contributed by atoms with E-state index in [1.54, 1.807) is 0 Å². The first-order valence-corrected chi connectivity index (χ1v) is 8.15. The molecule has 0 aliphatic heterocycles. The predicted molar refractivity (Wildman–Crippen MR) is 96.0 cm³/mol. The van der Waals surface area contributed by atoms with E-state index in [1.165, 1.54) is 36.4 Å². The molecule has 0 unspecified atom stereocenters. The van der Waals surface area contributed by atoms with E-state index < -0.39 is 30.1 Å². The summed E-state index contributed by atoms with van der Waals surface area (Å²) < 4.78 is 38.5. The Morgan fingerprint density at radius 1 is 1.07 bits per heavy atom. The van der Waals surface area contributed by atoms with E-state index in [9.17, 15) is 22.8 Å². The number of benzene rings is 2. The van der Waals surface area contributed by atoms with Crippen molar-refractivity contribution in [3.05, 3.63) is 69.2 Å². The number of hydrogen-bond donors (Lipinski definition) is 2. The number of nitrogens with one attached hydrogen (secondary N) is 2. The van der Waals surface area contributed by atoms with Gasteiger partial charge in [0, 0.05) is 11.1 Å². The molecule has 10 heteroatoms. The summed E-state index contributed by atoms with van der Waals surface area (Å²) in [4.78, 5) is 23.6. The van der Waals surface area contributed by atoms with E-state index in [1.807, 2.05) is 5.43 Å². The maximum absolute atomic E-state index is 12.8. The van der Waals surface area contributed by atoms with Crippen LogP contribution < -0.4 is 10.7 Å². The van der Waals surface area contributed by atoms with Gasteiger partial charge in [-0.25, -0.2) is 5.43 Å². The maximum atomic E-state index is 12.8. The third kappa shape index (κ3) is 5.97. The van der Waals surface area contributed by atoms with E-state index in [0.29, 0.717) is 0 Å². The van der Waals surface area contributed by atoms with Crippen LogP contribution in [0.15, 0.2) is 47.6 Å². The number of rotatable bonds is 5. The van der Waals surface area contributed by atoms with Crippen LogP contribution in [0.3, 0.4) is 0 Å². The molecule has 0 aliphatic rings. The van der Waals surface area contributed by atoms with E-state index in [0.717, 1.165) is 12.3 Å². The molecular weight excluding hydrogens is 406 g/mol. The first kappa shape index (κ1) is 20.7. The molecule has 0 saturated carbocycles. The summed E-state index contributed by atoms with van der Waals surface area (Å²) in [6.45, 7) is -0.433. The van der Waals surface area contributed by atoms with Crippen LogP contribution in [-0.4, -0.2) is 24.6 Å². The molecule has 0 radical (unpaired) electrons. The van der Waals surface area contributed by atoms with Gasteiger partial charge in [0.25, 0.3) is 11.8 Å². The summed E-state index contributed by atoms with van der Waals surface area (Å²) in [6, 6.07) is 8.97. The highest BCUT2D eigenvalue weighted by Gasteiger charge is 2.32. The van der Waals surface area contributed by atoms with E-state index >= 15 is 0 Å². The number of alkyl halides is 3. The molecule has 5 nitrogen and oxygen atoms in total. The van der Waals surface area contributed by atoms with Crippen molar-refractivity contribution in [2.75, 3.05) is 6.54 Å². The average Bonchev–Trinajstić information content (AvgIpc) is 2.61. The Morgan fingerprint density at radius 3 is 2.44 bits per heavy atom. The van der Waals surface area contributed by atoms with Gasteiger partial charge in [0.15, 0.2) is 0 Å². The highest BCUT2D eigenvalue weighted by atomic mass is 35.5. The second kappa shape index (κ2) is 8.88. The Kier molecular flexibility index (Phi) is 6.81. The lowest BCUT2D eigenvalue weighted by atomic mass is 10.1. The molecule has 2 N–H and O–H groups in total. The zero-order chi connectivity index (χ0) is 20.0. The van der Waals surface area contributed by atoms with Gasteiger partial charge in [-0.2, -0.15) is 18.3 Å². The minimum absolute atomic E-state index is 0.182. The summed E-state index contributed by atoms with van der Waals surface area (Å²) in [5.74, 6) is -1.29. The molecule has 2 rings (SSSR count). The van der Waals surface area contributed by atoms with Gasteiger partial charge >= 0.3 is 6.18 Å². The third-order valence-electron chi connectivity index (χ3n) is 3.25. The zero-order valence-electron chi connectivity index (χ0n) is 13.5. The van der Waals surface area contributed by atoms with Crippen LogP contribution in [0.4, 0.5) is 13.2 Å². The second-order valence-corrected chi connectivity index (χ2v) is 6.00. The SMILES string of the molecule is O=C(CNC(=O)c1ccc(Cl)c(Cl)c1)N/N=C/c1ccccc1C(F)(F)F. The number of hydrazone groups is 1. The summed E-state index contributed by atoms with van der Waals surface area (Å²) in [6.07, 6.45) is -3.66. The molecule has 0 aliphatic carbocycles. The van der Waals surface area contributed by atoms with Crippen LogP contribution in [0, 0.1) is 0 Å². The lowest BCUT2D eigenvalue weighted by molar-refractivity contribution is -0.137. The van der Waals surface area contributed by atoms with Gasteiger partial charge in [0.2, 0.25) is 0 Å². The summed E-state index contributed by atoms with van der Waals surface area (Å²) >= 11 is 11.5. The standard InChI is InChI=1S/C17H12Cl2F3N3O2/c18-13-6-5-10(7-14(13)19)16(27)23-9-15(26)25-24-8-11-3-1-2-4-12(11)17(20,21)22/h1-8H,9H2,(H,23,27)(H,25,26)/b24-8+. The van der Waals surface area contributed by atoms with Gasteiger partial charge in [-0.1, -0.05) is 41.4 Å². The Bertz CT molecular complexity index is 886. The molecule has 2 amide bonds. The van der Waals surface area contributed by atoms with Gasteiger partial charge in [-0.15, -0.1) is 0 Å². The molecule has 0 aromatic heterocycles.